The Morgan fingerprint density at radius 1 is 1.59 bits per heavy atom. The summed E-state index contributed by atoms with van der Waals surface area (Å²) in [5.74, 6) is 0. The highest BCUT2D eigenvalue weighted by molar-refractivity contribution is 6.03. The largest absolute Gasteiger partial charge is 0.411 e. The maximum atomic E-state index is 9.13. The number of aromatic amines is 1. The molecule has 1 aromatic rings. The van der Waals surface area contributed by atoms with Gasteiger partial charge in [0.2, 0.25) is 0 Å². The zero-order valence-electron chi connectivity index (χ0n) is 10.7. The minimum atomic E-state index is -0.108. The zero-order chi connectivity index (χ0) is 12.6. The first-order chi connectivity index (χ1) is 8.01. The normalized spacial score (nSPS) is 24.9. The number of ether oxygens (including phenoxy) is 1. The Morgan fingerprint density at radius 2 is 2.29 bits per heavy atom. The van der Waals surface area contributed by atoms with Gasteiger partial charge in [-0.25, -0.2) is 0 Å². The summed E-state index contributed by atoms with van der Waals surface area (Å²) in [6, 6.07) is 0. The third-order valence-electron chi connectivity index (χ3n) is 3.31. The van der Waals surface area contributed by atoms with Gasteiger partial charge in [0.1, 0.15) is 6.10 Å². The van der Waals surface area contributed by atoms with Crippen LogP contribution in [0.3, 0.4) is 0 Å². The van der Waals surface area contributed by atoms with E-state index < -0.39 is 0 Å². The maximum absolute atomic E-state index is 9.13. The van der Waals surface area contributed by atoms with Crippen LogP contribution >= 0.6 is 0 Å². The van der Waals surface area contributed by atoms with Crippen LogP contribution in [0.15, 0.2) is 5.16 Å². The molecule has 1 heterocycles. The number of oxime groups is 1. The lowest BCUT2D eigenvalue weighted by atomic mass is 9.73. The Bertz CT molecular complexity index is 449. The lowest BCUT2D eigenvalue weighted by Crippen LogP contribution is -2.34. The van der Waals surface area contributed by atoms with Gasteiger partial charge < -0.3 is 9.94 Å². The molecule has 5 nitrogen and oxygen atoms in total. The highest BCUT2D eigenvalue weighted by Crippen LogP contribution is 2.45. The molecule has 1 aliphatic rings. The van der Waals surface area contributed by atoms with Gasteiger partial charge in [-0.05, 0) is 13.8 Å². The molecule has 1 aromatic heterocycles. The van der Waals surface area contributed by atoms with Crippen LogP contribution in [0.2, 0.25) is 0 Å². The molecule has 0 radical (unpaired) electrons. The summed E-state index contributed by atoms with van der Waals surface area (Å²) in [6.07, 6.45) is 0.649. The van der Waals surface area contributed by atoms with Gasteiger partial charge in [-0.3, -0.25) is 5.10 Å². The van der Waals surface area contributed by atoms with Crippen molar-refractivity contribution in [1.82, 2.24) is 10.2 Å². The molecule has 17 heavy (non-hydrogen) atoms. The second-order valence-corrected chi connectivity index (χ2v) is 5.15. The monoisotopic (exact) mass is 237 g/mol. The van der Waals surface area contributed by atoms with Crippen LogP contribution < -0.4 is 0 Å². The lowest BCUT2D eigenvalue weighted by Gasteiger charge is -2.37. The van der Waals surface area contributed by atoms with E-state index in [9.17, 15) is 0 Å². The standard InChI is InChI=1S/C12H19N3O2/c1-5-17-11-10-9(7(2)13-14-10)8(15-16)6-12(11,3)4/h11,16H,5-6H2,1-4H3,(H,13,14)/b15-8+. The van der Waals surface area contributed by atoms with Crippen LogP contribution in [0.1, 0.15) is 50.2 Å². The van der Waals surface area contributed by atoms with Crippen molar-refractivity contribution in [2.75, 3.05) is 6.61 Å². The van der Waals surface area contributed by atoms with Gasteiger partial charge in [-0.2, -0.15) is 5.10 Å². The number of hydrogen-bond donors (Lipinski definition) is 2. The average molecular weight is 237 g/mol. The molecule has 0 aromatic carbocycles. The number of aromatic nitrogens is 2. The number of nitrogens with zero attached hydrogens (tertiary/aromatic N) is 2. The fourth-order valence-corrected chi connectivity index (χ4v) is 2.57. The molecule has 0 saturated heterocycles. The molecular weight excluding hydrogens is 218 g/mol. The highest BCUT2D eigenvalue weighted by Gasteiger charge is 2.42. The summed E-state index contributed by atoms with van der Waals surface area (Å²) >= 11 is 0. The van der Waals surface area contributed by atoms with Crippen molar-refractivity contribution in [1.29, 1.82) is 0 Å². The molecule has 94 valence electrons. The number of aryl methyl sites for hydroxylation is 1. The van der Waals surface area contributed by atoms with Crippen molar-refractivity contribution >= 4 is 5.71 Å². The molecule has 2 N–H and O–H groups in total. The molecule has 0 fully saturated rings. The second-order valence-electron chi connectivity index (χ2n) is 5.15. The molecule has 0 spiro atoms. The quantitative estimate of drug-likeness (QED) is 0.613. The van der Waals surface area contributed by atoms with E-state index in [1.54, 1.807) is 0 Å². The van der Waals surface area contributed by atoms with Crippen LogP contribution in [0.4, 0.5) is 0 Å². The molecule has 1 unspecified atom stereocenters. The summed E-state index contributed by atoms with van der Waals surface area (Å²) in [7, 11) is 0. The lowest BCUT2D eigenvalue weighted by molar-refractivity contribution is -0.0244. The molecule has 0 aliphatic heterocycles. The van der Waals surface area contributed by atoms with Crippen molar-refractivity contribution in [3.63, 3.8) is 0 Å². The molecule has 0 bridgehead atoms. The Kier molecular flexibility index (Phi) is 2.95. The topological polar surface area (TPSA) is 70.5 Å². The van der Waals surface area contributed by atoms with Gasteiger partial charge in [0.25, 0.3) is 0 Å². The third-order valence-corrected chi connectivity index (χ3v) is 3.31. The smallest absolute Gasteiger partial charge is 0.105 e. The van der Waals surface area contributed by atoms with Gasteiger partial charge in [0.05, 0.1) is 17.1 Å². The van der Waals surface area contributed by atoms with Crippen LogP contribution in [0.5, 0.6) is 0 Å². The zero-order valence-corrected chi connectivity index (χ0v) is 10.7. The predicted octanol–water partition coefficient (Wildman–Crippen LogP) is 2.40. The van der Waals surface area contributed by atoms with E-state index in [0.29, 0.717) is 18.7 Å². The van der Waals surface area contributed by atoms with Gasteiger partial charge in [0.15, 0.2) is 0 Å². The minimum absolute atomic E-state index is 0.0331. The first-order valence-corrected chi connectivity index (χ1v) is 5.89. The highest BCUT2D eigenvalue weighted by atomic mass is 16.5. The summed E-state index contributed by atoms with van der Waals surface area (Å²) in [5, 5.41) is 19.8. The van der Waals surface area contributed by atoms with Crippen molar-refractivity contribution in [2.24, 2.45) is 10.6 Å². The van der Waals surface area contributed by atoms with Gasteiger partial charge in [-0.1, -0.05) is 19.0 Å². The fourth-order valence-electron chi connectivity index (χ4n) is 2.57. The van der Waals surface area contributed by atoms with Gasteiger partial charge in [0, 0.05) is 24.0 Å². The first kappa shape index (κ1) is 12.1. The average Bonchev–Trinajstić information content (AvgIpc) is 2.64. The Morgan fingerprint density at radius 3 is 2.88 bits per heavy atom. The third kappa shape index (κ3) is 1.84. The van der Waals surface area contributed by atoms with Gasteiger partial charge in [-0.15, -0.1) is 0 Å². The van der Waals surface area contributed by atoms with E-state index in [1.807, 2.05) is 13.8 Å². The van der Waals surface area contributed by atoms with E-state index in [-0.39, 0.29) is 11.5 Å². The molecule has 1 aliphatic carbocycles. The van der Waals surface area contributed by atoms with Crippen LogP contribution in [-0.2, 0) is 4.74 Å². The first-order valence-electron chi connectivity index (χ1n) is 5.89. The summed E-state index contributed by atoms with van der Waals surface area (Å²) in [5.41, 5.74) is 3.27. The van der Waals surface area contributed by atoms with E-state index >= 15 is 0 Å². The van der Waals surface area contributed by atoms with Crippen LogP contribution in [-0.4, -0.2) is 27.7 Å². The van der Waals surface area contributed by atoms with Crippen LogP contribution in [0, 0.1) is 12.3 Å². The van der Waals surface area contributed by atoms with E-state index in [1.165, 1.54) is 0 Å². The van der Waals surface area contributed by atoms with Crippen molar-refractivity contribution < 1.29 is 9.94 Å². The Labute approximate surface area is 101 Å². The maximum Gasteiger partial charge on any atom is 0.105 e. The molecule has 2 rings (SSSR count). The van der Waals surface area contributed by atoms with E-state index in [0.717, 1.165) is 17.0 Å². The molecule has 5 heteroatoms. The predicted molar refractivity (Wildman–Crippen MR) is 64.4 cm³/mol. The summed E-state index contributed by atoms with van der Waals surface area (Å²) < 4.78 is 5.82. The fraction of sp³-hybridized carbons (Fsp3) is 0.667. The van der Waals surface area contributed by atoms with E-state index in [4.69, 9.17) is 9.94 Å². The SMILES string of the molecule is CCOC1c2[nH]nc(C)c2/C(=N/O)CC1(C)C. The summed E-state index contributed by atoms with van der Waals surface area (Å²) in [4.78, 5) is 0. The second kappa shape index (κ2) is 4.14. The van der Waals surface area contributed by atoms with Crippen molar-refractivity contribution in [2.45, 2.75) is 40.2 Å². The molecular formula is C12H19N3O2. The Balaban J connectivity index is 2.55. The van der Waals surface area contributed by atoms with E-state index in [2.05, 4.69) is 29.2 Å². The number of hydrogen-bond acceptors (Lipinski definition) is 4. The van der Waals surface area contributed by atoms with Crippen LogP contribution in [0.25, 0.3) is 0 Å². The number of fused-ring (bicyclic) bond motifs is 1. The van der Waals surface area contributed by atoms with Crippen molar-refractivity contribution in [3.8, 4) is 0 Å². The Hall–Kier alpha value is -1.36. The molecule has 1 atom stereocenters. The number of H-pyrrole nitrogens is 1. The van der Waals surface area contributed by atoms with Gasteiger partial charge >= 0.3 is 0 Å². The summed E-state index contributed by atoms with van der Waals surface area (Å²) in [6.45, 7) is 8.75. The van der Waals surface area contributed by atoms with Crippen molar-refractivity contribution in [3.05, 3.63) is 17.0 Å². The minimum Gasteiger partial charge on any atom is -0.411 e. The number of rotatable bonds is 2. The number of nitrogens with one attached hydrogen (secondary N) is 1. The molecule has 0 amide bonds. The molecule has 0 saturated carbocycles.